The molecule has 3 aromatic rings. The molecule has 192 valence electrons. The number of nitrogens with zero attached hydrogens (tertiary/aromatic N) is 3. The number of amides is 1. The van der Waals surface area contributed by atoms with Gasteiger partial charge < -0.3 is 29.7 Å². The van der Waals surface area contributed by atoms with E-state index < -0.39 is 6.09 Å². The van der Waals surface area contributed by atoms with Gasteiger partial charge in [0.05, 0.1) is 11.1 Å². The summed E-state index contributed by atoms with van der Waals surface area (Å²) < 4.78 is 11.1. The van der Waals surface area contributed by atoms with E-state index in [2.05, 4.69) is 27.3 Å². The van der Waals surface area contributed by atoms with E-state index in [1.54, 1.807) is 13.0 Å². The zero-order valence-electron chi connectivity index (χ0n) is 21.2. The molecular formula is C27H34N4O5. The van der Waals surface area contributed by atoms with Gasteiger partial charge in [-0.25, -0.2) is 4.79 Å². The molecule has 0 bridgehead atoms. The van der Waals surface area contributed by atoms with Gasteiger partial charge in [0.1, 0.15) is 11.5 Å². The molecule has 1 amide bonds. The van der Waals surface area contributed by atoms with Crippen LogP contribution in [0.25, 0.3) is 22.5 Å². The molecular weight excluding hydrogens is 460 g/mol. The number of aromatic hydroxyl groups is 2. The summed E-state index contributed by atoms with van der Waals surface area (Å²) >= 11 is 0. The first kappa shape index (κ1) is 25.5. The number of carbonyl (C=O) groups excluding carboxylic acids is 1. The Balaban J connectivity index is 1.71. The lowest BCUT2D eigenvalue weighted by molar-refractivity contribution is 0.148. The number of phenols is 2. The second-order valence-electron chi connectivity index (χ2n) is 9.47. The number of hydrogen-bond donors (Lipinski definition) is 3. The van der Waals surface area contributed by atoms with Crippen molar-refractivity contribution in [1.29, 1.82) is 0 Å². The summed E-state index contributed by atoms with van der Waals surface area (Å²) in [6, 6.07) is 10.9. The van der Waals surface area contributed by atoms with E-state index in [9.17, 15) is 15.0 Å². The zero-order chi connectivity index (χ0) is 25.8. The monoisotopic (exact) mass is 494 g/mol. The summed E-state index contributed by atoms with van der Waals surface area (Å²) in [5.41, 5.74) is 3.35. The normalized spacial score (nSPS) is 14.8. The molecule has 2 aromatic carbocycles. The maximum absolute atomic E-state index is 12.2. The third kappa shape index (κ3) is 5.63. The fourth-order valence-corrected chi connectivity index (χ4v) is 4.33. The molecule has 36 heavy (non-hydrogen) atoms. The van der Waals surface area contributed by atoms with E-state index in [4.69, 9.17) is 9.26 Å². The summed E-state index contributed by atoms with van der Waals surface area (Å²) in [7, 11) is 2.14. The fraction of sp³-hybridized carbons (Fsp3) is 0.407. The molecule has 0 aliphatic carbocycles. The van der Waals surface area contributed by atoms with Crippen molar-refractivity contribution >= 4 is 6.09 Å². The van der Waals surface area contributed by atoms with Gasteiger partial charge in [0.2, 0.25) is 0 Å². The number of phenolic OH excluding ortho intramolecular Hbond substituents is 2. The largest absolute Gasteiger partial charge is 0.508 e. The van der Waals surface area contributed by atoms with Gasteiger partial charge in [-0.3, -0.25) is 4.90 Å². The van der Waals surface area contributed by atoms with Crippen LogP contribution in [0.1, 0.15) is 37.8 Å². The van der Waals surface area contributed by atoms with Crippen molar-refractivity contribution in [2.45, 2.75) is 33.2 Å². The summed E-state index contributed by atoms with van der Waals surface area (Å²) in [4.78, 5) is 16.9. The number of aromatic nitrogens is 1. The van der Waals surface area contributed by atoms with Gasteiger partial charge in [-0.05, 0) is 47.8 Å². The van der Waals surface area contributed by atoms with E-state index in [0.717, 1.165) is 38.3 Å². The number of rotatable bonds is 7. The van der Waals surface area contributed by atoms with Crippen LogP contribution >= 0.6 is 0 Å². The first-order chi connectivity index (χ1) is 17.3. The van der Waals surface area contributed by atoms with E-state index in [-0.39, 0.29) is 29.1 Å². The maximum atomic E-state index is 12.2. The van der Waals surface area contributed by atoms with Crippen molar-refractivity contribution in [3.63, 3.8) is 0 Å². The first-order valence-corrected chi connectivity index (χ1v) is 12.3. The quantitative estimate of drug-likeness (QED) is 0.443. The Morgan fingerprint density at radius 1 is 1.11 bits per heavy atom. The third-order valence-corrected chi connectivity index (χ3v) is 6.43. The van der Waals surface area contributed by atoms with Crippen molar-refractivity contribution in [2.24, 2.45) is 0 Å². The zero-order valence-corrected chi connectivity index (χ0v) is 21.2. The maximum Gasteiger partial charge on any atom is 0.414 e. The van der Waals surface area contributed by atoms with Gasteiger partial charge in [0, 0.05) is 45.3 Å². The minimum Gasteiger partial charge on any atom is -0.508 e. The molecule has 1 fully saturated rings. The minimum atomic E-state index is -0.650. The number of piperazine rings is 1. The van der Waals surface area contributed by atoms with E-state index in [0.29, 0.717) is 23.2 Å². The van der Waals surface area contributed by atoms with Crippen LogP contribution in [-0.2, 0) is 6.54 Å². The van der Waals surface area contributed by atoms with Gasteiger partial charge in [0.25, 0.3) is 5.88 Å². The number of likely N-dealkylation sites (N-methyl/N-ethyl adjacent to an activating group) is 1. The molecule has 1 saturated heterocycles. The summed E-state index contributed by atoms with van der Waals surface area (Å²) in [6.07, 6.45) is -0.650. The van der Waals surface area contributed by atoms with Gasteiger partial charge in [-0.1, -0.05) is 38.1 Å². The molecule has 0 radical (unpaired) electrons. The van der Waals surface area contributed by atoms with Crippen LogP contribution in [0, 0.1) is 0 Å². The Hall–Kier alpha value is -3.56. The van der Waals surface area contributed by atoms with E-state index in [1.165, 1.54) is 11.6 Å². The highest BCUT2D eigenvalue weighted by Crippen LogP contribution is 2.45. The molecule has 0 spiro atoms. The molecule has 1 aliphatic heterocycles. The van der Waals surface area contributed by atoms with Crippen LogP contribution in [0.4, 0.5) is 4.79 Å². The Morgan fingerprint density at radius 2 is 1.81 bits per heavy atom. The van der Waals surface area contributed by atoms with Gasteiger partial charge in [-0.15, -0.1) is 0 Å². The van der Waals surface area contributed by atoms with E-state index in [1.807, 2.05) is 38.1 Å². The number of benzene rings is 2. The van der Waals surface area contributed by atoms with Crippen molar-refractivity contribution in [1.82, 2.24) is 20.3 Å². The molecule has 1 aliphatic rings. The van der Waals surface area contributed by atoms with Crippen molar-refractivity contribution in [2.75, 3.05) is 39.8 Å². The summed E-state index contributed by atoms with van der Waals surface area (Å²) in [5.74, 6) is 0.0994. The van der Waals surface area contributed by atoms with Gasteiger partial charge >= 0.3 is 6.09 Å². The van der Waals surface area contributed by atoms with Crippen LogP contribution in [0.15, 0.2) is 40.9 Å². The molecule has 0 unspecified atom stereocenters. The standard InChI is InChI=1S/C27H34N4O5/c1-5-28-27(34)35-26-24(19-8-6-18(7-9-19)16-31-12-10-30(4)11-13-31)25(36-29-26)21-14-20(17(2)3)22(32)15-23(21)33/h6-9,14-15,17,32-33H,5,10-13,16H2,1-4H3,(H,28,34). The Morgan fingerprint density at radius 3 is 2.44 bits per heavy atom. The number of nitrogens with one attached hydrogen (secondary N) is 1. The first-order valence-electron chi connectivity index (χ1n) is 12.3. The molecule has 2 heterocycles. The van der Waals surface area contributed by atoms with Crippen LogP contribution in [0.3, 0.4) is 0 Å². The van der Waals surface area contributed by atoms with Gasteiger partial charge in [0.15, 0.2) is 5.76 Å². The molecule has 9 nitrogen and oxygen atoms in total. The van der Waals surface area contributed by atoms with Crippen LogP contribution in [0.2, 0.25) is 0 Å². The average molecular weight is 495 g/mol. The SMILES string of the molecule is CCNC(=O)Oc1noc(-c2cc(C(C)C)c(O)cc2O)c1-c1ccc(CN2CCN(C)CC2)cc1. The second-order valence-corrected chi connectivity index (χ2v) is 9.47. The molecule has 4 rings (SSSR count). The molecule has 3 N–H and O–H groups in total. The van der Waals surface area contributed by atoms with Crippen LogP contribution in [0.5, 0.6) is 17.4 Å². The Kier molecular flexibility index (Phi) is 7.81. The van der Waals surface area contributed by atoms with Crippen LogP contribution < -0.4 is 10.1 Å². The molecule has 0 saturated carbocycles. The topological polar surface area (TPSA) is 111 Å². The van der Waals surface area contributed by atoms with Crippen molar-refractivity contribution in [3.05, 3.63) is 47.5 Å². The lowest BCUT2D eigenvalue weighted by atomic mass is 9.95. The van der Waals surface area contributed by atoms with Crippen LogP contribution in [-0.4, -0.2) is 71.0 Å². The molecule has 9 heteroatoms. The highest BCUT2D eigenvalue weighted by Gasteiger charge is 2.26. The summed E-state index contributed by atoms with van der Waals surface area (Å²) in [6.45, 7) is 11.1. The second kappa shape index (κ2) is 11.0. The van der Waals surface area contributed by atoms with Crippen molar-refractivity contribution < 1.29 is 24.3 Å². The highest BCUT2D eigenvalue weighted by molar-refractivity contribution is 5.87. The lowest BCUT2D eigenvalue weighted by Crippen LogP contribution is -2.43. The molecule has 0 atom stereocenters. The number of hydrogen-bond acceptors (Lipinski definition) is 8. The minimum absolute atomic E-state index is 0.000582. The lowest BCUT2D eigenvalue weighted by Gasteiger charge is -2.32. The molecule has 1 aromatic heterocycles. The van der Waals surface area contributed by atoms with Crippen molar-refractivity contribution in [3.8, 4) is 39.8 Å². The number of ether oxygens (including phenoxy) is 1. The Bertz CT molecular complexity index is 1200. The fourth-order valence-electron chi connectivity index (χ4n) is 4.33. The third-order valence-electron chi connectivity index (χ3n) is 6.43. The number of carbonyl (C=O) groups is 1. The van der Waals surface area contributed by atoms with E-state index >= 15 is 0 Å². The smallest absolute Gasteiger partial charge is 0.414 e. The predicted octanol–water partition coefficient (Wildman–Crippen LogP) is 4.40. The van der Waals surface area contributed by atoms with Gasteiger partial charge in [-0.2, -0.15) is 0 Å². The average Bonchev–Trinajstić information content (AvgIpc) is 3.24. The summed E-state index contributed by atoms with van der Waals surface area (Å²) in [5, 5.41) is 27.6. The highest BCUT2D eigenvalue weighted by atomic mass is 16.6. The predicted molar refractivity (Wildman–Crippen MR) is 137 cm³/mol. The Labute approximate surface area is 211 Å².